The van der Waals surface area contributed by atoms with E-state index >= 15 is 0 Å². The van der Waals surface area contributed by atoms with E-state index in [-0.39, 0.29) is 18.4 Å². The van der Waals surface area contributed by atoms with Crippen molar-refractivity contribution in [1.29, 1.82) is 0 Å². The Kier molecular flexibility index (Phi) is 8.70. The van der Waals surface area contributed by atoms with Gasteiger partial charge in [-0.05, 0) is 42.0 Å². The van der Waals surface area contributed by atoms with E-state index in [1.54, 1.807) is 12.0 Å². The second kappa shape index (κ2) is 11.9. The number of fused-ring (bicyclic) bond motifs is 1. The van der Waals surface area contributed by atoms with E-state index in [1.165, 1.54) is 0 Å². The fraction of sp³-hybridized carbons (Fsp3) is 0.333. The molecule has 0 aromatic heterocycles. The van der Waals surface area contributed by atoms with Gasteiger partial charge in [0.2, 0.25) is 5.91 Å². The molecule has 0 fully saturated rings. The molecule has 0 bridgehead atoms. The Morgan fingerprint density at radius 1 is 0.970 bits per heavy atom. The molecule has 0 heterocycles. The minimum absolute atomic E-state index is 0.147. The highest BCUT2D eigenvalue weighted by Crippen LogP contribution is 2.25. The fourth-order valence-corrected chi connectivity index (χ4v) is 3.76. The molecule has 3 aromatic carbocycles. The molecule has 0 saturated carbocycles. The third kappa shape index (κ3) is 6.25. The molecule has 174 valence electrons. The van der Waals surface area contributed by atoms with Crippen molar-refractivity contribution in [2.75, 3.05) is 20.3 Å². The van der Waals surface area contributed by atoms with Gasteiger partial charge in [-0.3, -0.25) is 9.59 Å². The number of methoxy groups -OCH3 is 1. The van der Waals surface area contributed by atoms with Crippen molar-refractivity contribution in [3.05, 3.63) is 72.3 Å². The lowest BCUT2D eigenvalue weighted by molar-refractivity contribution is -0.142. The fourth-order valence-electron chi connectivity index (χ4n) is 3.76. The Morgan fingerprint density at radius 3 is 2.39 bits per heavy atom. The smallest absolute Gasteiger partial charge is 0.261 e. The number of rotatable bonds is 11. The largest absolute Gasteiger partial charge is 0.497 e. The maximum atomic E-state index is 13.4. The van der Waals surface area contributed by atoms with Crippen LogP contribution in [-0.4, -0.2) is 43.0 Å². The van der Waals surface area contributed by atoms with Crippen LogP contribution in [0.3, 0.4) is 0 Å². The van der Waals surface area contributed by atoms with Crippen LogP contribution in [0.5, 0.6) is 11.5 Å². The number of carbonyl (C=O) groups excluding carboxylic acids is 2. The predicted octanol–water partition coefficient (Wildman–Crippen LogP) is 4.56. The van der Waals surface area contributed by atoms with E-state index in [9.17, 15) is 9.59 Å². The summed E-state index contributed by atoms with van der Waals surface area (Å²) >= 11 is 0. The third-order valence-electron chi connectivity index (χ3n) is 5.55. The van der Waals surface area contributed by atoms with Gasteiger partial charge < -0.3 is 19.7 Å². The van der Waals surface area contributed by atoms with Crippen LogP contribution < -0.4 is 14.8 Å². The van der Waals surface area contributed by atoms with Gasteiger partial charge in [0.05, 0.1) is 7.11 Å². The zero-order valence-corrected chi connectivity index (χ0v) is 19.5. The summed E-state index contributed by atoms with van der Waals surface area (Å²) in [6.45, 7) is 4.64. The predicted molar refractivity (Wildman–Crippen MR) is 130 cm³/mol. The lowest BCUT2D eigenvalue weighted by Gasteiger charge is -2.30. The molecule has 33 heavy (non-hydrogen) atoms. The average molecular weight is 449 g/mol. The Hall–Kier alpha value is -3.54. The van der Waals surface area contributed by atoms with Crippen LogP contribution in [-0.2, 0) is 16.1 Å². The number of carbonyl (C=O) groups is 2. The molecule has 0 radical (unpaired) electrons. The number of amides is 2. The highest BCUT2D eigenvalue weighted by molar-refractivity contribution is 5.90. The summed E-state index contributed by atoms with van der Waals surface area (Å²) in [7, 11) is 1.61. The van der Waals surface area contributed by atoms with E-state index in [1.807, 2.05) is 80.6 Å². The van der Waals surface area contributed by atoms with Crippen LogP contribution in [0.15, 0.2) is 66.7 Å². The molecule has 3 rings (SSSR count). The zero-order valence-electron chi connectivity index (χ0n) is 19.5. The quantitative estimate of drug-likeness (QED) is 0.467. The van der Waals surface area contributed by atoms with E-state index in [4.69, 9.17) is 9.47 Å². The number of nitrogens with one attached hydrogen (secondary N) is 1. The number of hydrogen-bond acceptors (Lipinski definition) is 4. The summed E-state index contributed by atoms with van der Waals surface area (Å²) in [4.78, 5) is 27.8. The summed E-state index contributed by atoms with van der Waals surface area (Å²) in [5.74, 6) is 1.00. The Bertz CT molecular complexity index is 1060. The van der Waals surface area contributed by atoms with Gasteiger partial charge in [-0.1, -0.05) is 62.4 Å². The van der Waals surface area contributed by atoms with Crippen LogP contribution >= 0.6 is 0 Å². The topological polar surface area (TPSA) is 67.9 Å². The molecule has 1 atom stereocenters. The molecule has 0 aliphatic rings. The van der Waals surface area contributed by atoms with Gasteiger partial charge in [-0.25, -0.2) is 0 Å². The standard InChI is InChI=1S/C27H32N2O4/c1-4-17-28-27(31)24(5-2)29(18-20-13-15-22(32-3)16-14-20)26(30)19-33-25-12-8-10-21-9-6-7-11-23(21)25/h6-16,24H,4-5,17-19H2,1-3H3,(H,28,31)/t24-/m1/s1. The van der Waals surface area contributed by atoms with Gasteiger partial charge in [-0.2, -0.15) is 0 Å². The van der Waals surface area contributed by atoms with E-state index in [0.29, 0.717) is 25.3 Å². The van der Waals surface area contributed by atoms with Gasteiger partial charge in [0.15, 0.2) is 6.61 Å². The lowest BCUT2D eigenvalue weighted by atomic mass is 10.1. The molecule has 0 saturated heterocycles. The molecule has 0 unspecified atom stereocenters. The minimum atomic E-state index is -0.581. The molecular formula is C27H32N2O4. The van der Waals surface area contributed by atoms with Crippen molar-refractivity contribution in [2.45, 2.75) is 39.3 Å². The Labute approximate surface area is 195 Å². The first-order chi connectivity index (χ1) is 16.1. The first-order valence-electron chi connectivity index (χ1n) is 11.4. The monoisotopic (exact) mass is 448 g/mol. The molecular weight excluding hydrogens is 416 g/mol. The van der Waals surface area contributed by atoms with Crippen molar-refractivity contribution in [3.8, 4) is 11.5 Å². The Balaban J connectivity index is 1.81. The zero-order chi connectivity index (χ0) is 23.6. The molecule has 6 nitrogen and oxygen atoms in total. The second-order valence-corrected chi connectivity index (χ2v) is 7.85. The Morgan fingerprint density at radius 2 is 1.70 bits per heavy atom. The maximum Gasteiger partial charge on any atom is 0.261 e. The van der Waals surface area contributed by atoms with Gasteiger partial charge >= 0.3 is 0 Å². The number of hydrogen-bond donors (Lipinski definition) is 1. The van der Waals surface area contributed by atoms with Crippen LogP contribution in [0.4, 0.5) is 0 Å². The van der Waals surface area contributed by atoms with Crippen LogP contribution in [0.1, 0.15) is 32.3 Å². The third-order valence-corrected chi connectivity index (χ3v) is 5.55. The molecule has 3 aromatic rings. The van der Waals surface area contributed by atoms with Gasteiger partial charge in [0.25, 0.3) is 5.91 Å². The summed E-state index contributed by atoms with van der Waals surface area (Å²) in [6, 6.07) is 20.6. The van der Waals surface area contributed by atoms with E-state index in [2.05, 4.69) is 5.32 Å². The van der Waals surface area contributed by atoms with Crippen LogP contribution in [0.2, 0.25) is 0 Å². The summed E-state index contributed by atoms with van der Waals surface area (Å²) < 4.78 is 11.2. The molecule has 0 aliphatic heterocycles. The van der Waals surface area contributed by atoms with E-state index < -0.39 is 6.04 Å². The maximum absolute atomic E-state index is 13.4. The number of benzene rings is 3. The van der Waals surface area contributed by atoms with Crippen molar-refractivity contribution in [1.82, 2.24) is 10.2 Å². The van der Waals surface area contributed by atoms with Gasteiger partial charge in [-0.15, -0.1) is 0 Å². The first-order valence-corrected chi connectivity index (χ1v) is 11.4. The van der Waals surface area contributed by atoms with Crippen molar-refractivity contribution in [3.63, 3.8) is 0 Å². The molecule has 6 heteroatoms. The van der Waals surface area contributed by atoms with Crippen molar-refractivity contribution >= 4 is 22.6 Å². The molecule has 0 spiro atoms. The average Bonchev–Trinajstić information content (AvgIpc) is 2.86. The summed E-state index contributed by atoms with van der Waals surface area (Å²) in [5, 5.41) is 4.92. The summed E-state index contributed by atoms with van der Waals surface area (Å²) in [6.07, 6.45) is 1.34. The molecule has 1 N–H and O–H groups in total. The lowest BCUT2D eigenvalue weighted by Crippen LogP contribution is -2.50. The van der Waals surface area contributed by atoms with Gasteiger partial charge in [0, 0.05) is 18.5 Å². The number of ether oxygens (including phenoxy) is 2. The SMILES string of the molecule is CCCNC(=O)[C@@H](CC)N(Cc1ccc(OC)cc1)C(=O)COc1cccc2ccccc12. The van der Waals surface area contributed by atoms with E-state index in [0.717, 1.165) is 28.5 Å². The molecule has 2 amide bonds. The number of nitrogens with zero attached hydrogens (tertiary/aromatic N) is 1. The van der Waals surface area contributed by atoms with Crippen molar-refractivity contribution in [2.24, 2.45) is 0 Å². The normalized spacial score (nSPS) is 11.6. The first kappa shape index (κ1) is 24.1. The van der Waals surface area contributed by atoms with Gasteiger partial charge in [0.1, 0.15) is 17.5 Å². The van der Waals surface area contributed by atoms with Crippen LogP contribution in [0, 0.1) is 0 Å². The van der Waals surface area contributed by atoms with Crippen LogP contribution in [0.25, 0.3) is 10.8 Å². The minimum Gasteiger partial charge on any atom is -0.497 e. The van der Waals surface area contributed by atoms with Crippen molar-refractivity contribution < 1.29 is 19.1 Å². The second-order valence-electron chi connectivity index (χ2n) is 7.85. The molecule has 0 aliphatic carbocycles. The highest BCUT2D eigenvalue weighted by atomic mass is 16.5. The summed E-state index contributed by atoms with van der Waals surface area (Å²) in [5.41, 5.74) is 0.913. The highest BCUT2D eigenvalue weighted by Gasteiger charge is 2.28.